The van der Waals surface area contributed by atoms with Crippen molar-refractivity contribution in [2.75, 3.05) is 13.1 Å². The third-order valence-corrected chi connectivity index (χ3v) is 5.00. The molecule has 1 N–H and O–H groups in total. The van der Waals surface area contributed by atoms with Crippen molar-refractivity contribution in [2.45, 2.75) is 17.4 Å². The van der Waals surface area contributed by atoms with E-state index < -0.39 is 16.1 Å². The van der Waals surface area contributed by atoms with E-state index >= 15 is 0 Å². The molecule has 2 rings (SSSR count). The molecule has 0 spiro atoms. The molecule has 0 bridgehead atoms. The summed E-state index contributed by atoms with van der Waals surface area (Å²) < 4.78 is 25.6. The number of aliphatic hydroxyl groups is 1. The van der Waals surface area contributed by atoms with E-state index in [-0.39, 0.29) is 22.0 Å². The van der Waals surface area contributed by atoms with Gasteiger partial charge in [-0.25, -0.2) is 8.42 Å². The lowest BCUT2D eigenvalue weighted by atomic mass is 10.2. The standard InChI is InChI=1S/C11H11ClN2O3S/c12-11-5-10(2-1-8(11)6-13)18(16,17)14-4-3-9(15)7-14/h1-2,5,9,15H,3-4,7H2. The summed E-state index contributed by atoms with van der Waals surface area (Å²) in [6.07, 6.45) is -0.183. The van der Waals surface area contributed by atoms with Gasteiger partial charge in [-0.05, 0) is 24.6 Å². The monoisotopic (exact) mass is 286 g/mol. The Labute approximate surface area is 110 Å². The third-order valence-electron chi connectivity index (χ3n) is 2.82. The SMILES string of the molecule is N#Cc1ccc(S(=O)(=O)N2CCC(O)C2)cc1Cl. The molecule has 1 atom stereocenters. The van der Waals surface area contributed by atoms with Gasteiger partial charge in [0.1, 0.15) is 6.07 Å². The smallest absolute Gasteiger partial charge is 0.243 e. The zero-order valence-corrected chi connectivity index (χ0v) is 10.9. The molecule has 1 unspecified atom stereocenters. The van der Waals surface area contributed by atoms with Crippen LogP contribution in [0.15, 0.2) is 23.1 Å². The summed E-state index contributed by atoms with van der Waals surface area (Å²) in [5.41, 5.74) is 0.233. The van der Waals surface area contributed by atoms with Gasteiger partial charge < -0.3 is 5.11 Å². The Morgan fingerprint density at radius 2 is 2.22 bits per heavy atom. The molecule has 5 nitrogen and oxygen atoms in total. The van der Waals surface area contributed by atoms with Crippen LogP contribution in [0, 0.1) is 11.3 Å². The number of sulfonamides is 1. The molecule has 0 amide bonds. The number of nitrogens with zero attached hydrogens (tertiary/aromatic N) is 2. The van der Waals surface area contributed by atoms with Crippen LogP contribution in [0.3, 0.4) is 0 Å². The predicted octanol–water partition coefficient (Wildman–Crippen LogP) is 0.967. The topological polar surface area (TPSA) is 81.4 Å². The number of β-amino-alcohol motifs (C(OH)–C–C–N with tert-alkyl or cyclic N) is 1. The van der Waals surface area contributed by atoms with Crippen LogP contribution in [0.1, 0.15) is 12.0 Å². The molecule has 0 aliphatic carbocycles. The highest BCUT2D eigenvalue weighted by Crippen LogP contribution is 2.25. The summed E-state index contributed by atoms with van der Waals surface area (Å²) in [6, 6.07) is 5.86. The first-order valence-corrected chi connectivity index (χ1v) is 7.15. The molecule has 1 aromatic rings. The molecular formula is C11H11ClN2O3S. The molecule has 0 aromatic heterocycles. The molecule has 1 aromatic carbocycles. The highest BCUT2D eigenvalue weighted by atomic mass is 35.5. The van der Waals surface area contributed by atoms with Gasteiger partial charge in [0.05, 0.1) is 21.6 Å². The van der Waals surface area contributed by atoms with Crippen LogP contribution < -0.4 is 0 Å². The van der Waals surface area contributed by atoms with Crippen molar-refractivity contribution in [1.82, 2.24) is 4.31 Å². The van der Waals surface area contributed by atoms with Gasteiger partial charge in [-0.3, -0.25) is 0 Å². The molecule has 18 heavy (non-hydrogen) atoms. The summed E-state index contributed by atoms with van der Waals surface area (Å²) in [4.78, 5) is 0.0422. The van der Waals surface area contributed by atoms with Gasteiger partial charge in [-0.15, -0.1) is 0 Å². The average Bonchev–Trinajstić information content (AvgIpc) is 2.76. The van der Waals surface area contributed by atoms with E-state index in [1.54, 1.807) is 0 Å². The Morgan fingerprint density at radius 3 is 2.72 bits per heavy atom. The Morgan fingerprint density at radius 1 is 1.50 bits per heavy atom. The van der Waals surface area contributed by atoms with E-state index in [9.17, 15) is 13.5 Å². The number of hydrogen-bond donors (Lipinski definition) is 1. The average molecular weight is 287 g/mol. The summed E-state index contributed by atoms with van der Waals surface area (Å²) in [5, 5.41) is 18.2. The molecule has 1 heterocycles. The van der Waals surface area contributed by atoms with Crippen LogP contribution in [0.5, 0.6) is 0 Å². The lowest BCUT2D eigenvalue weighted by Crippen LogP contribution is -2.29. The van der Waals surface area contributed by atoms with Crippen LogP contribution in [0.25, 0.3) is 0 Å². The van der Waals surface area contributed by atoms with Gasteiger partial charge in [0.15, 0.2) is 0 Å². The van der Waals surface area contributed by atoms with Gasteiger partial charge >= 0.3 is 0 Å². The van der Waals surface area contributed by atoms with Crippen molar-refractivity contribution in [3.63, 3.8) is 0 Å². The van der Waals surface area contributed by atoms with Crippen LogP contribution in [-0.2, 0) is 10.0 Å². The van der Waals surface area contributed by atoms with Gasteiger partial charge in [0.2, 0.25) is 10.0 Å². The molecule has 0 saturated carbocycles. The fourth-order valence-electron chi connectivity index (χ4n) is 1.82. The van der Waals surface area contributed by atoms with Crippen LogP contribution in [0.4, 0.5) is 0 Å². The lowest BCUT2D eigenvalue weighted by molar-refractivity contribution is 0.189. The summed E-state index contributed by atoms with van der Waals surface area (Å²) in [7, 11) is -3.64. The van der Waals surface area contributed by atoms with Crippen LogP contribution >= 0.6 is 11.6 Å². The summed E-state index contributed by atoms with van der Waals surface area (Å²) >= 11 is 5.82. The second-order valence-electron chi connectivity index (χ2n) is 4.06. The Kier molecular flexibility index (Phi) is 3.59. The largest absolute Gasteiger partial charge is 0.392 e. The minimum Gasteiger partial charge on any atom is -0.392 e. The third kappa shape index (κ3) is 2.35. The van der Waals surface area contributed by atoms with Gasteiger partial charge in [0.25, 0.3) is 0 Å². The van der Waals surface area contributed by atoms with Crippen molar-refractivity contribution < 1.29 is 13.5 Å². The first-order valence-electron chi connectivity index (χ1n) is 5.33. The minimum absolute atomic E-state index is 0.0422. The van der Waals surface area contributed by atoms with Crippen molar-refractivity contribution in [1.29, 1.82) is 5.26 Å². The number of hydrogen-bond acceptors (Lipinski definition) is 4. The fourth-order valence-corrected chi connectivity index (χ4v) is 3.63. The number of halogens is 1. The second kappa shape index (κ2) is 4.86. The molecule has 1 aliphatic heterocycles. The molecule has 1 fully saturated rings. The molecule has 1 aliphatic rings. The Hall–Kier alpha value is -1.13. The number of benzene rings is 1. The first kappa shape index (κ1) is 13.3. The van der Waals surface area contributed by atoms with E-state index in [0.717, 1.165) is 0 Å². The molecule has 96 valence electrons. The number of aliphatic hydroxyl groups excluding tert-OH is 1. The highest BCUT2D eigenvalue weighted by molar-refractivity contribution is 7.89. The Bertz CT molecular complexity index is 609. The van der Waals surface area contributed by atoms with E-state index in [4.69, 9.17) is 16.9 Å². The quantitative estimate of drug-likeness (QED) is 0.878. The molecular weight excluding hydrogens is 276 g/mol. The van der Waals surface area contributed by atoms with E-state index in [1.165, 1.54) is 22.5 Å². The van der Waals surface area contributed by atoms with E-state index in [2.05, 4.69) is 0 Å². The highest BCUT2D eigenvalue weighted by Gasteiger charge is 2.31. The maximum atomic E-state index is 12.2. The van der Waals surface area contributed by atoms with Gasteiger partial charge in [0, 0.05) is 13.1 Å². The maximum absolute atomic E-state index is 12.2. The zero-order chi connectivity index (χ0) is 13.3. The van der Waals surface area contributed by atoms with E-state index in [1.807, 2.05) is 6.07 Å². The fraction of sp³-hybridized carbons (Fsp3) is 0.364. The Balaban J connectivity index is 2.37. The van der Waals surface area contributed by atoms with Crippen molar-refractivity contribution in [3.05, 3.63) is 28.8 Å². The van der Waals surface area contributed by atoms with Gasteiger partial charge in [-0.2, -0.15) is 9.57 Å². The lowest BCUT2D eigenvalue weighted by Gasteiger charge is -2.15. The first-order chi connectivity index (χ1) is 8.45. The summed E-state index contributed by atoms with van der Waals surface area (Å²) in [5.74, 6) is 0. The minimum atomic E-state index is -3.64. The predicted molar refractivity (Wildman–Crippen MR) is 65.5 cm³/mol. The molecule has 0 radical (unpaired) electrons. The van der Waals surface area contributed by atoms with Crippen molar-refractivity contribution >= 4 is 21.6 Å². The second-order valence-corrected chi connectivity index (χ2v) is 6.40. The van der Waals surface area contributed by atoms with Crippen molar-refractivity contribution in [2.24, 2.45) is 0 Å². The molecule has 1 saturated heterocycles. The van der Waals surface area contributed by atoms with Crippen molar-refractivity contribution in [3.8, 4) is 6.07 Å². The van der Waals surface area contributed by atoms with Crippen LogP contribution in [-0.4, -0.2) is 37.0 Å². The molecule has 7 heteroatoms. The van der Waals surface area contributed by atoms with Gasteiger partial charge in [-0.1, -0.05) is 11.6 Å². The summed E-state index contributed by atoms with van der Waals surface area (Å²) in [6.45, 7) is 0.390. The number of rotatable bonds is 2. The number of nitriles is 1. The van der Waals surface area contributed by atoms with Crippen LogP contribution in [0.2, 0.25) is 5.02 Å². The normalized spacial score (nSPS) is 20.8. The maximum Gasteiger partial charge on any atom is 0.243 e. The van der Waals surface area contributed by atoms with E-state index in [0.29, 0.717) is 13.0 Å². The zero-order valence-electron chi connectivity index (χ0n) is 9.38.